The van der Waals surface area contributed by atoms with Crippen LogP contribution in [0.25, 0.3) is 0 Å². The number of anilines is 1. The SMILES string of the molecule is COCCN(c1cc(Br)ccc1C(=O)O)C(C)COC. The minimum atomic E-state index is -0.945. The van der Waals surface area contributed by atoms with Crippen molar-refractivity contribution in [3.05, 3.63) is 28.2 Å². The van der Waals surface area contributed by atoms with Crippen molar-refractivity contribution < 1.29 is 19.4 Å². The number of carbonyl (C=O) groups is 1. The topological polar surface area (TPSA) is 59.0 Å². The van der Waals surface area contributed by atoms with Gasteiger partial charge >= 0.3 is 5.97 Å². The lowest BCUT2D eigenvalue weighted by atomic mass is 10.1. The van der Waals surface area contributed by atoms with Crippen LogP contribution >= 0.6 is 15.9 Å². The van der Waals surface area contributed by atoms with E-state index in [4.69, 9.17) is 9.47 Å². The summed E-state index contributed by atoms with van der Waals surface area (Å²) < 4.78 is 11.1. The van der Waals surface area contributed by atoms with Gasteiger partial charge in [0.05, 0.1) is 24.5 Å². The molecule has 0 bridgehead atoms. The van der Waals surface area contributed by atoms with Crippen molar-refractivity contribution in [3.63, 3.8) is 0 Å². The Morgan fingerprint density at radius 2 is 2.10 bits per heavy atom. The maximum atomic E-state index is 11.4. The standard InChI is InChI=1S/C14H20BrNO4/c1-10(9-20-3)16(6-7-19-2)13-8-11(15)4-5-12(13)14(17)18/h4-5,8,10H,6-7,9H2,1-3H3,(H,17,18). The third-order valence-corrected chi connectivity index (χ3v) is 3.47. The van der Waals surface area contributed by atoms with E-state index in [1.165, 1.54) is 0 Å². The number of carboxylic acids is 1. The number of carboxylic acid groups (broad SMARTS) is 1. The molecule has 112 valence electrons. The van der Waals surface area contributed by atoms with Gasteiger partial charge in [0.25, 0.3) is 0 Å². The lowest BCUT2D eigenvalue weighted by molar-refractivity contribution is 0.0697. The van der Waals surface area contributed by atoms with Gasteiger partial charge < -0.3 is 19.5 Å². The number of hydrogen-bond donors (Lipinski definition) is 1. The summed E-state index contributed by atoms with van der Waals surface area (Å²) in [6, 6.07) is 5.18. The average Bonchev–Trinajstić information content (AvgIpc) is 2.39. The Balaban J connectivity index is 3.16. The molecule has 0 radical (unpaired) electrons. The molecule has 0 saturated heterocycles. The summed E-state index contributed by atoms with van der Waals surface area (Å²) in [4.78, 5) is 13.4. The van der Waals surface area contributed by atoms with Gasteiger partial charge in [0.1, 0.15) is 0 Å². The molecule has 20 heavy (non-hydrogen) atoms. The van der Waals surface area contributed by atoms with Crippen LogP contribution in [0.2, 0.25) is 0 Å². The molecule has 5 nitrogen and oxygen atoms in total. The highest BCUT2D eigenvalue weighted by molar-refractivity contribution is 9.10. The zero-order valence-corrected chi connectivity index (χ0v) is 13.5. The molecule has 1 aromatic carbocycles. The fourth-order valence-electron chi connectivity index (χ4n) is 2.02. The highest BCUT2D eigenvalue weighted by atomic mass is 79.9. The van der Waals surface area contributed by atoms with Crippen LogP contribution in [0.15, 0.2) is 22.7 Å². The van der Waals surface area contributed by atoms with E-state index < -0.39 is 5.97 Å². The van der Waals surface area contributed by atoms with E-state index in [1.54, 1.807) is 26.4 Å². The first-order chi connectivity index (χ1) is 9.51. The first-order valence-corrected chi connectivity index (χ1v) is 7.08. The second-order valence-corrected chi connectivity index (χ2v) is 5.37. The van der Waals surface area contributed by atoms with Gasteiger partial charge in [-0.05, 0) is 25.1 Å². The molecule has 1 rings (SSSR count). The predicted octanol–water partition coefficient (Wildman–Crippen LogP) is 2.64. The summed E-state index contributed by atoms with van der Waals surface area (Å²) in [6.07, 6.45) is 0. The molecule has 0 aromatic heterocycles. The zero-order valence-electron chi connectivity index (χ0n) is 11.9. The number of hydrogen-bond acceptors (Lipinski definition) is 4. The van der Waals surface area contributed by atoms with E-state index in [1.807, 2.05) is 17.9 Å². The lowest BCUT2D eigenvalue weighted by Gasteiger charge is -2.32. The molecule has 1 aromatic rings. The monoisotopic (exact) mass is 345 g/mol. The Labute approximate surface area is 127 Å². The first-order valence-electron chi connectivity index (χ1n) is 6.28. The number of aromatic carboxylic acids is 1. The Bertz CT molecular complexity index is 453. The van der Waals surface area contributed by atoms with Crippen LogP contribution in [0.3, 0.4) is 0 Å². The van der Waals surface area contributed by atoms with E-state index in [0.717, 1.165) is 4.47 Å². The highest BCUT2D eigenvalue weighted by Gasteiger charge is 2.20. The molecular weight excluding hydrogens is 326 g/mol. The van der Waals surface area contributed by atoms with E-state index in [2.05, 4.69) is 15.9 Å². The quantitative estimate of drug-likeness (QED) is 0.784. The lowest BCUT2D eigenvalue weighted by Crippen LogP contribution is -2.39. The maximum absolute atomic E-state index is 11.4. The molecule has 1 atom stereocenters. The largest absolute Gasteiger partial charge is 0.478 e. The smallest absolute Gasteiger partial charge is 0.337 e. The number of rotatable bonds is 8. The van der Waals surface area contributed by atoms with Crippen molar-refractivity contribution in [1.82, 2.24) is 0 Å². The molecule has 6 heteroatoms. The Morgan fingerprint density at radius 1 is 1.40 bits per heavy atom. The number of benzene rings is 1. The first kappa shape index (κ1) is 16.9. The number of nitrogens with zero attached hydrogens (tertiary/aromatic N) is 1. The summed E-state index contributed by atoms with van der Waals surface area (Å²) in [5.74, 6) is -0.945. The molecular formula is C14H20BrNO4. The van der Waals surface area contributed by atoms with E-state index >= 15 is 0 Å². The fourth-order valence-corrected chi connectivity index (χ4v) is 2.37. The number of halogens is 1. The third kappa shape index (κ3) is 4.47. The van der Waals surface area contributed by atoms with E-state index in [-0.39, 0.29) is 11.6 Å². The molecule has 1 unspecified atom stereocenters. The minimum absolute atomic E-state index is 0.0440. The van der Waals surface area contributed by atoms with Gasteiger partial charge in [-0.15, -0.1) is 0 Å². The zero-order chi connectivity index (χ0) is 15.1. The molecule has 0 amide bonds. The van der Waals surface area contributed by atoms with Crippen LogP contribution in [-0.4, -0.2) is 51.1 Å². The number of ether oxygens (including phenoxy) is 2. The molecule has 1 N–H and O–H groups in total. The van der Waals surface area contributed by atoms with E-state index in [9.17, 15) is 9.90 Å². The summed E-state index contributed by atoms with van der Waals surface area (Å²) in [7, 11) is 3.25. The van der Waals surface area contributed by atoms with Crippen LogP contribution in [0.1, 0.15) is 17.3 Å². The average molecular weight is 346 g/mol. The van der Waals surface area contributed by atoms with Crippen molar-refractivity contribution in [1.29, 1.82) is 0 Å². The fraction of sp³-hybridized carbons (Fsp3) is 0.500. The van der Waals surface area contributed by atoms with Crippen molar-refractivity contribution in [3.8, 4) is 0 Å². The van der Waals surface area contributed by atoms with Gasteiger partial charge in [0.2, 0.25) is 0 Å². The minimum Gasteiger partial charge on any atom is -0.478 e. The van der Waals surface area contributed by atoms with Crippen LogP contribution in [0, 0.1) is 0 Å². The van der Waals surface area contributed by atoms with Crippen molar-refractivity contribution >= 4 is 27.6 Å². The van der Waals surface area contributed by atoms with Gasteiger partial charge in [-0.25, -0.2) is 4.79 Å². The van der Waals surface area contributed by atoms with Crippen LogP contribution in [-0.2, 0) is 9.47 Å². The predicted molar refractivity (Wildman–Crippen MR) is 81.7 cm³/mol. The second-order valence-electron chi connectivity index (χ2n) is 4.46. The van der Waals surface area contributed by atoms with Crippen molar-refractivity contribution in [2.24, 2.45) is 0 Å². The van der Waals surface area contributed by atoms with Gasteiger partial charge in [-0.3, -0.25) is 0 Å². The Morgan fingerprint density at radius 3 is 2.65 bits per heavy atom. The molecule has 0 fully saturated rings. The van der Waals surface area contributed by atoms with E-state index in [0.29, 0.717) is 25.4 Å². The second kappa shape index (κ2) is 8.24. The summed E-state index contributed by atoms with van der Waals surface area (Å²) >= 11 is 3.39. The summed E-state index contributed by atoms with van der Waals surface area (Å²) in [6.45, 7) is 3.61. The molecule has 0 spiro atoms. The molecule has 0 heterocycles. The molecule has 0 saturated carbocycles. The Kier molecular flexibility index (Phi) is 6.98. The maximum Gasteiger partial charge on any atom is 0.337 e. The van der Waals surface area contributed by atoms with Crippen molar-refractivity contribution in [2.45, 2.75) is 13.0 Å². The Hall–Kier alpha value is -1.11. The van der Waals surface area contributed by atoms with Gasteiger partial charge in [-0.2, -0.15) is 0 Å². The number of methoxy groups -OCH3 is 2. The highest BCUT2D eigenvalue weighted by Crippen LogP contribution is 2.27. The van der Waals surface area contributed by atoms with Gasteiger partial charge in [0, 0.05) is 31.3 Å². The molecule has 0 aliphatic carbocycles. The van der Waals surface area contributed by atoms with Crippen molar-refractivity contribution in [2.75, 3.05) is 38.9 Å². The summed E-state index contributed by atoms with van der Waals surface area (Å²) in [5, 5.41) is 9.34. The van der Waals surface area contributed by atoms with Gasteiger partial charge in [-0.1, -0.05) is 15.9 Å². The van der Waals surface area contributed by atoms with Crippen LogP contribution in [0.4, 0.5) is 5.69 Å². The third-order valence-electron chi connectivity index (χ3n) is 2.98. The molecule has 0 aliphatic rings. The van der Waals surface area contributed by atoms with Crippen LogP contribution in [0.5, 0.6) is 0 Å². The van der Waals surface area contributed by atoms with Crippen LogP contribution < -0.4 is 4.90 Å². The normalized spacial score (nSPS) is 12.2. The summed E-state index contributed by atoms with van der Waals surface area (Å²) in [5.41, 5.74) is 0.931. The van der Waals surface area contributed by atoms with Gasteiger partial charge in [0.15, 0.2) is 0 Å². The molecule has 0 aliphatic heterocycles.